The predicted molar refractivity (Wildman–Crippen MR) is 106 cm³/mol. The van der Waals surface area contributed by atoms with Gasteiger partial charge in [0.25, 0.3) is 0 Å². The number of rotatable bonds is 8. The van der Waals surface area contributed by atoms with Gasteiger partial charge in [-0.15, -0.1) is 0 Å². The maximum Gasteiger partial charge on any atom is 0.224 e. The van der Waals surface area contributed by atoms with Crippen LogP contribution in [0.4, 0.5) is 0 Å². The van der Waals surface area contributed by atoms with E-state index in [1.807, 2.05) is 55.5 Å². The molecule has 0 saturated carbocycles. The highest BCUT2D eigenvalue weighted by Gasteiger charge is 2.18. The number of hydrogen-bond donors (Lipinski definition) is 1. The fourth-order valence-electron chi connectivity index (χ4n) is 3.32. The summed E-state index contributed by atoms with van der Waals surface area (Å²) in [7, 11) is 0. The zero-order chi connectivity index (χ0) is 18.4. The number of benzene rings is 2. The molecule has 2 aromatic carbocycles. The SMILES string of the molecule is CCCCCn1c(C(C)NC(=O)Cc2ccccc2)nc2ccccc21. The van der Waals surface area contributed by atoms with E-state index in [-0.39, 0.29) is 11.9 Å². The lowest BCUT2D eigenvalue weighted by atomic mass is 10.1. The van der Waals surface area contributed by atoms with Gasteiger partial charge in [0, 0.05) is 6.54 Å². The average molecular weight is 349 g/mol. The first-order chi connectivity index (χ1) is 12.7. The van der Waals surface area contributed by atoms with Gasteiger partial charge in [-0.25, -0.2) is 4.98 Å². The normalized spacial score (nSPS) is 12.2. The molecule has 0 aliphatic carbocycles. The van der Waals surface area contributed by atoms with Gasteiger partial charge in [-0.3, -0.25) is 4.79 Å². The number of aryl methyl sites for hydroxylation is 1. The predicted octanol–water partition coefficient (Wildman–Crippen LogP) is 4.65. The smallest absolute Gasteiger partial charge is 0.224 e. The van der Waals surface area contributed by atoms with Gasteiger partial charge < -0.3 is 9.88 Å². The van der Waals surface area contributed by atoms with Crippen molar-refractivity contribution >= 4 is 16.9 Å². The average Bonchev–Trinajstić information content (AvgIpc) is 3.02. The molecule has 0 aliphatic heterocycles. The van der Waals surface area contributed by atoms with Crippen molar-refractivity contribution < 1.29 is 4.79 Å². The third-order valence-corrected chi connectivity index (χ3v) is 4.64. The molecule has 0 aliphatic rings. The molecule has 1 N–H and O–H groups in total. The zero-order valence-electron chi connectivity index (χ0n) is 15.6. The third kappa shape index (κ3) is 4.31. The minimum atomic E-state index is -0.125. The topological polar surface area (TPSA) is 46.9 Å². The number of imidazole rings is 1. The van der Waals surface area contributed by atoms with Crippen molar-refractivity contribution in [3.8, 4) is 0 Å². The standard InChI is InChI=1S/C22H27N3O/c1-3-4-10-15-25-20-14-9-8-13-19(20)24-22(25)17(2)23-21(26)16-18-11-6-5-7-12-18/h5-9,11-14,17H,3-4,10,15-16H2,1-2H3,(H,23,26). The summed E-state index contributed by atoms with van der Waals surface area (Å²) in [6, 6.07) is 17.9. The fourth-order valence-corrected chi connectivity index (χ4v) is 3.32. The molecule has 1 heterocycles. The van der Waals surface area contributed by atoms with E-state index in [0.717, 1.165) is 35.4 Å². The molecule has 136 valence electrons. The highest BCUT2D eigenvalue weighted by molar-refractivity contribution is 5.79. The van der Waals surface area contributed by atoms with Crippen molar-refractivity contribution in [1.82, 2.24) is 14.9 Å². The van der Waals surface area contributed by atoms with E-state index in [0.29, 0.717) is 6.42 Å². The molecule has 1 unspecified atom stereocenters. The number of para-hydroxylation sites is 2. The van der Waals surface area contributed by atoms with Crippen molar-refractivity contribution in [2.75, 3.05) is 0 Å². The quantitative estimate of drug-likeness (QED) is 0.602. The molecule has 4 heteroatoms. The Bertz CT molecular complexity index is 854. The largest absolute Gasteiger partial charge is 0.346 e. The molecule has 26 heavy (non-hydrogen) atoms. The summed E-state index contributed by atoms with van der Waals surface area (Å²) in [5, 5.41) is 3.11. The van der Waals surface area contributed by atoms with Crippen molar-refractivity contribution in [3.63, 3.8) is 0 Å². The van der Waals surface area contributed by atoms with Crippen LogP contribution in [0.25, 0.3) is 11.0 Å². The molecule has 0 spiro atoms. The molecule has 0 fully saturated rings. The van der Waals surface area contributed by atoms with Crippen LogP contribution >= 0.6 is 0 Å². The van der Waals surface area contributed by atoms with Crippen LogP contribution in [-0.4, -0.2) is 15.5 Å². The summed E-state index contributed by atoms with van der Waals surface area (Å²) in [6.45, 7) is 5.16. The molecule has 1 atom stereocenters. The Morgan fingerprint density at radius 3 is 2.58 bits per heavy atom. The number of hydrogen-bond acceptors (Lipinski definition) is 2. The monoisotopic (exact) mass is 349 g/mol. The number of nitrogens with zero attached hydrogens (tertiary/aromatic N) is 2. The van der Waals surface area contributed by atoms with Gasteiger partial charge in [0.1, 0.15) is 5.82 Å². The highest BCUT2D eigenvalue weighted by atomic mass is 16.1. The Morgan fingerprint density at radius 1 is 1.08 bits per heavy atom. The van der Waals surface area contributed by atoms with Crippen molar-refractivity contribution in [2.45, 2.75) is 52.1 Å². The third-order valence-electron chi connectivity index (χ3n) is 4.64. The summed E-state index contributed by atoms with van der Waals surface area (Å²) < 4.78 is 2.26. The minimum Gasteiger partial charge on any atom is -0.346 e. The molecule has 4 nitrogen and oxygen atoms in total. The molecule has 3 rings (SSSR count). The Hall–Kier alpha value is -2.62. The van der Waals surface area contributed by atoms with E-state index >= 15 is 0 Å². The molecular weight excluding hydrogens is 322 g/mol. The summed E-state index contributed by atoms with van der Waals surface area (Å²) in [5.74, 6) is 0.958. The lowest BCUT2D eigenvalue weighted by molar-refractivity contribution is -0.121. The van der Waals surface area contributed by atoms with Crippen LogP contribution < -0.4 is 5.32 Å². The molecule has 0 radical (unpaired) electrons. The second-order valence-electron chi connectivity index (χ2n) is 6.77. The molecule has 0 bridgehead atoms. The zero-order valence-corrected chi connectivity index (χ0v) is 15.6. The number of carbonyl (C=O) groups is 1. The Morgan fingerprint density at radius 2 is 1.81 bits per heavy atom. The van der Waals surface area contributed by atoms with E-state index in [2.05, 4.69) is 22.9 Å². The van der Waals surface area contributed by atoms with Crippen LogP contribution in [0, 0.1) is 0 Å². The van der Waals surface area contributed by atoms with Gasteiger partial charge in [-0.2, -0.15) is 0 Å². The van der Waals surface area contributed by atoms with E-state index in [1.54, 1.807) is 0 Å². The maximum atomic E-state index is 12.4. The Balaban J connectivity index is 1.77. The van der Waals surface area contributed by atoms with Crippen LogP contribution in [0.5, 0.6) is 0 Å². The lowest BCUT2D eigenvalue weighted by Crippen LogP contribution is -2.30. The first kappa shape index (κ1) is 18.2. The summed E-state index contributed by atoms with van der Waals surface area (Å²) in [5.41, 5.74) is 3.15. The first-order valence-electron chi connectivity index (χ1n) is 9.47. The number of aromatic nitrogens is 2. The minimum absolute atomic E-state index is 0.0239. The number of nitrogens with one attached hydrogen (secondary N) is 1. The van der Waals surface area contributed by atoms with Crippen LogP contribution in [0.2, 0.25) is 0 Å². The molecule has 1 aromatic heterocycles. The van der Waals surface area contributed by atoms with Gasteiger partial charge in [-0.1, -0.05) is 62.2 Å². The Labute approximate surface area is 155 Å². The van der Waals surface area contributed by atoms with Gasteiger partial charge in [0.2, 0.25) is 5.91 Å². The number of carbonyl (C=O) groups excluding carboxylic acids is 1. The van der Waals surface area contributed by atoms with Gasteiger partial charge >= 0.3 is 0 Å². The van der Waals surface area contributed by atoms with Gasteiger partial charge in [0.05, 0.1) is 23.5 Å². The van der Waals surface area contributed by atoms with E-state index in [1.165, 1.54) is 12.8 Å². The van der Waals surface area contributed by atoms with Gasteiger partial charge in [-0.05, 0) is 31.0 Å². The first-order valence-corrected chi connectivity index (χ1v) is 9.47. The number of fused-ring (bicyclic) bond motifs is 1. The van der Waals surface area contributed by atoms with E-state index in [9.17, 15) is 4.79 Å². The van der Waals surface area contributed by atoms with Crippen LogP contribution in [0.3, 0.4) is 0 Å². The second-order valence-corrected chi connectivity index (χ2v) is 6.77. The Kier molecular flexibility index (Phi) is 6.05. The molecular formula is C22H27N3O. The van der Waals surface area contributed by atoms with Crippen LogP contribution in [0.1, 0.15) is 50.5 Å². The van der Waals surface area contributed by atoms with E-state index in [4.69, 9.17) is 4.98 Å². The second kappa shape index (κ2) is 8.65. The van der Waals surface area contributed by atoms with Gasteiger partial charge in [0.15, 0.2) is 0 Å². The number of amides is 1. The number of unbranched alkanes of at least 4 members (excludes halogenated alkanes) is 2. The van der Waals surface area contributed by atoms with Crippen molar-refractivity contribution in [3.05, 3.63) is 66.0 Å². The van der Waals surface area contributed by atoms with E-state index < -0.39 is 0 Å². The summed E-state index contributed by atoms with van der Waals surface area (Å²) in [6.07, 6.45) is 3.89. The van der Waals surface area contributed by atoms with Crippen molar-refractivity contribution in [1.29, 1.82) is 0 Å². The summed E-state index contributed by atoms with van der Waals surface area (Å²) >= 11 is 0. The van der Waals surface area contributed by atoms with Crippen LogP contribution in [-0.2, 0) is 17.8 Å². The van der Waals surface area contributed by atoms with Crippen LogP contribution in [0.15, 0.2) is 54.6 Å². The fraction of sp³-hybridized carbons (Fsp3) is 0.364. The molecule has 0 saturated heterocycles. The lowest BCUT2D eigenvalue weighted by Gasteiger charge is -2.16. The molecule has 3 aromatic rings. The highest BCUT2D eigenvalue weighted by Crippen LogP contribution is 2.22. The summed E-state index contributed by atoms with van der Waals surface area (Å²) in [4.78, 5) is 17.2. The molecule has 1 amide bonds. The van der Waals surface area contributed by atoms with Crippen molar-refractivity contribution in [2.24, 2.45) is 0 Å². The maximum absolute atomic E-state index is 12.4.